The summed E-state index contributed by atoms with van der Waals surface area (Å²) in [5, 5.41) is 8.94. The van der Waals surface area contributed by atoms with Gasteiger partial charge in [-0.25, -0.2) is 0 Å². The van der Waals surface area contributed by atoms with Crippen LogP contribution in [0.25, 0.3) is 0 Å². The molecule has 0 aromatic heterocycles. The number of nitriles is 1. The molecule has 0 bridgehead atoms. The fourth-order valence-electron chi connectivity index (χ4n) is 1.93. The molecule has 0 fully saturated rings. The third kappa shape index (κ3) is 1.87. The van der Waals surface area contributed by atoms with Gasteiger partial charge in [-0.3, -0.25) is 9.69 Å². The van der Waals surface area contributed by atoms with Crippen LogP contribution in [0.2, 0.25) is 0 Å². The molecular weight excluding hydrogens is 214 g/mol. The Bertz CT molecular complexity index is 513. The minimum absolute atomic E-state index is 0.108. The Morgan fingerprint density at radius 1 is 1.41 bits per heavy atom. The molecule has 2 rings (SSSR count). The molecule has 86 valence electrons. The Morgan fingerprint density at radius 2 is 2.06 bits per heavy atom. The summed E-state index contributed by atoms with van der Waals surface area (Å²) >= 11 is 0. The lowest BCUT2D eigenvalue weighted by atomic mass is 10.1. The second kappa shape index (κ2) is 4.30. The van der Waals surface area contributed by atoms with Crippen LogP contribution >= 0.6 is 0 Å². The molecule has 0 unspecified atom stereocenters. The number of hydrogen-bond donors (Lipinski definition) is 1. The third-order valence-corrected chi connectivity index (χ3v) is 2.94. The number of hydrogen-bond acceptors (Lipinski definition) is 3. The number of amides is 1. The predicted molar refractivity (Wildman–Crippen MR) is 63.0 cm³/mol. The van der Waals surface area contributed by atoms with Crippen LogP contribution in [0.1, 0.15) is 12.5 Å². The first-order chi connectivity index (χ1) is 8.15. The van der Waals surface area contributed by atoms with Gasteiger partial charge in [-0.1, -0.05) is 30.3 Å². The average molecular weight is 227 g/mol. The Labute approximate surface area is 99.9 Å². The van der Waals surface area contributed by atoms with Crippen LogP contribution in [0, 0.1) is 17.2 Å². The molecule has 4 heteroatoms. The Kier molecular flexibility index (Phi) is 2.84. The van der Waals surface area contributed by atoms with Gasteiger partial charge in [0.2, 0.25) is 5.91 Å². The molecule has 0 aliphatic carbocycles. The van der Waals surface area contributed by atoms with Gasteiger partial charge in [0.1, 0.15) is 5.82 Å². The van der Waals surface area contributed by atoms with Gasteiger partial charge in [0.25, 0.3) is 0 Å². The standard InChI is InChI=1S/C13H13N3O/c1-9-11(7-14)12(15)16(13(9)17)8-10-5-3-2-4-6-10/h2-6,9H,8,15H2,1H3/t9-/m1/s1. The van der Waals surface area contributed by atoms with Crippen LogP contribution in [0.5, 0.6) is 0 Å². The minimum atomic E-state index is -0.427. The van der Waals surface area contributed by atoms with E-state index in [0.29, 0.717) is 12.1 Å². The van der Waals surface area contributed by atoms with Gasteiger partial charge >= 0.3 is 0 Å². The van der Waals surface area contributed by atoms with Gasteiger partial charge in [-0.2, -0.15) is 5.26 Å². The molecule has 0 saturated heterocycles. The highest BCUT2D eigenvalue weighted by atomic mass is 16.2. The van der Waals surface area contributed by atoms with Crippen molar-refractivity contribution in [1.82, 2.24) is 4.90 Å². The van der Waals surface area contributed by atoms with Crippen LogP contribution in [0.4, 0.5) is 0 Å². The maximum Gasteiger partial charge on any atom is 0.236 e. The predicted octanol–water partition coefficient (Wildman–Crippen LogP) is 1.36. The second-order valence-corrected chi connectivity index (χ2v) is 4.04. The smallest absolute Gasteiger partial charge is 0.236 e. The van der Waals surface area contributed by atoms with E-state index >= 15 is 0 Å². The molecule has 1 aromatic rings. The van der Waals surface area contributed by atoms with Gasteiger partial charge in [0.05, 0.1) is 24.1 Å². The van der Waals surface area contributed by atoms with Gasteiger partial charge in [0.15, 0.2) is 0 Å². The number of carbonyl (C=O) groups is 1. The molecule has 1 amide bonds. The maximum absolute atomic E-state index is 11.9. The van der Waals surface area contributed by atoms with E-state index in [2.05, 4.69) is 0 Å². The average Bonchev–Trinajstić information content (AvgIpc) is 2.55. The first-order valence-corrected chi connectivity index (χ1v) is 5.40. The fraction of sp³-hybridized carbons (Fsp3) is 0.231. The van der Waals surface area contributed by atoms with Crippen molar-refractivity contribution in [1.29, 1.82) is 5.26 Å². The molecule has 4 nitrogen and oxygen atoms in total. The normalized spacial score (nSPS) is 19.6. The number of nitrogens with two attached hydrogens (primary N) is 1. The van der Waals surface area contributed by atoms with Crippen molar-refractivity contribution in [2.24, 2.45) is 11.7 Å². The summed E-state index contributed by atoms with van der Waals surface area (Å²) in [7, 11) is 0. The molecule has 1 aromatic carbocycles. The maximum atomic E-state index is 11.9. The molecular formula is C13H13N3O. The lowest BCUT2D eigenvalue weighted by molar-refractivity contribution is -0.130. The van der Waals surface area contributed by atoms with E-state index in [1.807, 2.05) is 36.4 Å². The molecule has 0 radical (unpaired) electrons. The van der Waals surface area contributed by atoms with Crippen molar-refractivity contribution in [3.8, 4) is 6.07 Å². The summed E-state index contributed by atoms with van der Waals surface area (Å²) in [4.78, 5) is 13.4. The monoisotopic (exact) mass is 227 g/mol. The van der Waals surface area contributed by atoms with Gasteiger partial charge in [-0.05, 0) is 12.5 Å². The van der Waals surface area contributed by atoms with Crippen molar-refractivity contribution in [3.05, 3.63) is 47.3 Å². The summed E-state index contributed by atoms with van der Waals surface area (Å²) in [5.41, 5.74) is 7.19. The Balaban J connectivity index is 2.27. The van der Waals surface area contributed by atoms with E-state index in [4.69, 9.17) is 11.0 Å². The molecule has 1 aliphatic heterocycles. The Morgan fingerprint density at radius 3 is 2.59 bits per heavy atom. The lowest BCUT2D eigenvalue weighted by Crippen LogP contribution is -2.30. The van der Waals surface area contributed by atoms with Gasteiger partial charge < -0.3 is 5.73 Å². The van der Waals surface area contributed by atoms with E-state index in [0.717, 1.165) is 5.56 Å². The highest BCUT2D eigenvalue weighted by molar-refractivity contribution is 5.87. The summed E-state index contributed by atoms with van der Waals surface area (Å²) in [6.07, 6.45) is 0. The van der Waals surface area contributed by atoms with Crippen LogP contribution < -0.4 is 5.73 Å². The lowest BCUT2D eigenvalue weighted by Gasteiger charge is -2.17. The summed E-state index contributed by atoms with van der Waals surface area (Å²) < 4.78 is 0. The topological polar surface area (TPSA) is 70.1 Å². The zero-order valence-corrected chi connectivity index (χ0v) is 9.55. The SMILES string of the molecule is C[C@H]1C(=O)N(Cc2ccccc2)C(N)=C1C#N. The van der Waals surface area contributed by atoms with E-state index in [1.54, 1.807) is 6.92 Å². The highest BCUT2D eigenvalue weighted by Crippen LogP contribution is 2.27. The molecule has 1 aliphatic rings. The molecule has 0 saturated carbocycles. The third-order valence-electron chi connectivity index (χ3n) is 2.94. The number of carbonyl (C=O) groups excluding carboxylic acids is 1. The van der Waals surface area contributed by atoms with E-state index < -0.39 is 5.92 Å². The highest BCUT2D eigenvalue weighted by Gasteiger charge is 2.35. The summed E-state index contributed by atoms with van der Waals surface area (Å²) in [6.45, 7) is 2.12. The van der Waals surface area contributed by atoms with Crippen LogP contribution in [-0.4, -0.2) is 10.8 Å². The number of benzene rings is 1. The first kappa shape index (κ1) is 11.2. The number of nitrogens with zero attached hydrogens (tertiary/aromatic N) is 2. The van der Waals surface area contributed by atoms with Gasteiger partial charge in [-0.15, -0.1) is 0 Å². The summed E-state index contributed by atoms with van der Waals surface area (Å²) in [5.74, 6) is -0.250. The van der Waals surface area contributed by atoms with Crippen molar-refractivity contribution in [2.45, 2.75) is 13.5 Å². The quantitative estimate of drug-likeness (QED) is 0.829. The second-order valence-electron chi connectivity index (χ2n) is 4.04. The van der Waals surface area contributed by atoms with Crippen molar-refractivity contribution in [2.75, 3.05) is 0 Å². The largest absolute Gasteiger partial charge is 0.384 e. The molecule has 1 atom stereocenters. The molecule has 1 heterocycles. The van der Waals surface area contributed by atoms with Crippen LogP contribution in [-0.2, 0) is 11.3 Å². The number of rotatable bonds is 2. The zero-order chi connectivity index (χ0) is 12.4. The van der Waals surface area contributed by atoms with E-state index in [1.165, 1.54) is 4.90 Å². The molecule has 2 N–H and O–H groups in total. The minimum Gasteiger partial charge on any atom is -0.384 e. The summed E-state index contributed by atoms with van der Waals surface area (Å²) in [6, 6.07) is 11.6. The van der Waals surface area contributed by atoms with Gasteiger partial charge in [0, 0.05) is 0 Å². The van der Waals surface area contributed by atoms with Crippen molar-refractivity contribution < 1.29 is 4.79 Å². The van der Waals surface area contributed by atoms with Crippen LogP contribution in [0.3, 0.4) is 0 Å². The van der Waals surface area contributed by atoms with Crippen LogP contribution in [0.15, 0.2) is 41.7 Å². The first-order valence-electron chi connectivity index (χ1n) is 5.40. The molecule has 17 heavy (non-hydrogen) atoms. The fourth-order valence-corrected chi connectivity index (χ4v) is 1.93. The van der Waals surface area contributed by atoms with Crippen molar-refractivity contribution in [3.63, 3.8) is 0 Å². The van der Waals surface area contributed by atoms with Crippen molar-refractivity contribution >= 4 is 5.91 Å². The van der Waals surface area contributed by atoms with E-state index in [9.17, 15) is 4.79 Å². The van der Waals surface area contributed by atoms with E-state index in [-0.39, 0.29) is 11.7 Å². The Hall–Kier alpha value is -2.28. The molecule has 0 spiro atoms. The zero-order valence-electron chi connectivity index (χ0n) is 9.55.